The molecule has 1 aromatic heterocycles. The molecule has 0 N–H and O–H groups in total. The van der Waals surface area contributed by atoms with Crippen molar-refractivity contribution in [3.63, 3.8) is 0 Å². The summed E-state index contributed by atoms with van der Waals surface area (Å²) >= 11 is 0. The highest BCUT2D eigenvalue weighted by Gasteiger charge is 2.23. The summed E-state index contributed by atoms with van der Waals surface area (Å²) < 4.78 is 2.40. The Labute approximate surface area is 362 Å². The molecular weight excluding hydrogens is 749 g/mol. The zero-order valence-corrected chi connectivity index (χ0v) is 34.1. The van der Waals surface area contributed by atoms with E-state index < -0.39 is 0 Å². The molecule has 11 aromatic rings. The maximum atomic E-state index is 2.43. The summed E-state index contributed by atoms with van der Waals surface area (Å²) in [5.41, 5.74) is 18.5. The van der Waals surface area contributed by atoms with Gasteiger partial charge in [0.05, 0.1) is 16.7 Å². The molecular formula is C60H42N2. The van der Waals surface area contributed by atoms with Crippen molar-refractivity contribution >= 4 is 38.9 Å². The minimum Gasteiger partial charge on any atom is -0.310 e. The molecule has 0 spiro atoms. The van der Waals surface area contributed by atoms with Gasteiger partial charge >= 0.3 is 0 Å². The summed E-state index contributed by atoms with van der Waals surface area (Å²) in [5.74, 6) is 0. The summed E-state index contributed by atoms with van der Waals surface area (Å²) in [6.45, 7) is 0. The molecule has 0 unspecified atom stereocenters. The molecule has 0 saturated carbocycles. The van der Waals surface area contributed by atoms with Crippen molar-refractivity contribution < 1.29 is 0 Å². The number of hydrogen-bond acceptors (Lipinski definition) is 1. The number of aromatic nitrogens is 1. The van der Waals surface area contributed by atoms with Gasteiger partial charge in [0.15, 0.2) is 0 Å². The molecule has 0 radical (unpaired) electrons. The van der Waals surface area contributed by atoms with E-state index in [0.717, 1.165) is 33.9 Å². The first-order valence-corrected chi connectivity index (χ1v) is 21.3. The van der Waals surface area contributed by atoms with E-state index in [2.05, 4.69) is 264 Å². The van der Waals surface area contributed by atoms with Crippen LogP contribution in [0.1, 0.15) is 0 Å². The van der Waals surface area contributed by atoms with Crippen LogP contribution < -0.4 is 4.90 Å². The lowest BCUT2D eigenvalue weighted by molar-refractivity contribution is 1.17. The number of fused-ring (bicyclic) bond motifs is 3. The van der Waals surface area contributed by atoms with Crippen LogP contribution in [0.5, 0.6) is 0 Å². The Balaban J connectivity index is 1.16. The van der Waals surface area contributed by atoms with Crippen molar-refractivity contribution in [2.45, 2.75) is 0 Å². The Bertz CT molecular complexity index is 3280. The van der Waals surface area contributed by atoms with E-state index in [1.807, 2.05) is 0 Å². The average molecular weight is 791 g/mol. The number of para-hydroxylation sites is 3. The Hall–Kier alpha value is -8.20. The van der Waals surface area contributed by atoms with Gasteiger partial charge in [-0.3, -0.25) is 0 Å². The molecule has 62 heavy (non-hydrogen) atoms. The minimum absolute atomic E-state index is 1.06. The van der Waals surface area contributed by atoms with Gasteiger partial charge in [-0.1, -0.05) is 206 Å². The van der Waals surface area contributed by atoms with Crippen molar-refractivity contribution in [2.24, 2.45) is 0 Å². The van der Waals surface area contributed by atoms with Crippen LogP contribution in [-0.2, 0) is 0 Å². The largest absolute Gasteiger partial charge is 0.310 e. The highest BCUT2D eigenvalue weighted by molar-refractivity contribution is 6.09. The number of anilines is 3. The van der Waals surface area contributed by atoms with Gasteiger partial charge < -0.3 is 9.47 Å². The van der Waals surface area contributed by atoms with E-state index in [0.29, 0.717) is 0 Å². The Kier molecular flexibility index (Phi) is 9.57. The molecule has 0 fully saturated rings. The van der Waals surface area contributed by atoms with E-state index >= 15 is 0 Å². The summed E-state index contributed by atoms with van der Waals surface area (Å²) in [7, 11) is 0. The summed E-state index contributed by atoms with van der Waals surface area (Å²) in [4.78, 5) is 2.43. The van der Waals surface area contributed by atoms with Crippen LogP contribution in [-0.4, -0.2) is 4.57 Å². The SMILES string of the molecule is c1ccc(-c2ccc(N(c3cccc(-n4c5ccccc5c5ccccc54)c3)c3ccccc3-c3cccc(-c4ccccc4)c3-c3ccccc3-c3ccccc3)cc2)cc1. The van der Waals surface area contributed by atoms with E-state index in [9.17, 15) is 0 Å². The van der Waals surface area contributed by atoms with Crippen molar-refractivity contribution in [3.8, 4) is 61.3 Å². The standard InChI is InChI=1S/C60H42N2/c1-4-20-43(21-5-1)44-38-40-47(41-39-44)61(48-26-18-27-49(42-48)62-58-36-16-12-29-52(58)53-30-13-17-37-59(53)62)57-35-15-14-31-54(57)56-34-19-33-51(46-24-8-3-9-25-46)60(56)55-32-11-10-28-50(55)45-22-6-2-7-23-45/h1-42H. The summed E-state index contributed by atoms with van der Waals surface area (Å²) in [6.07, 6.45) is 0. The molecule has 0 aliphatic carbocycles. The monoisotopic (exact) mass is 790 g/mol. The number of rotatable bonds is 9. The maximum absolute atomic E-state index is 2.43. The molecule has 2 nitrogen and oxygen atoms in total. The quantitative estimate of drug-likeness (QED) is 0.141. The van der Waals surface area contributed by atoms with Crippen molar-refractivity contribution in [2.75, 3.05) is 4.90 Å². The highest BCUT2D eigenvalue weighted by Crippen LogP contribution is 2.49. The second-order valence-electron chi connectivity index (χ2n) is 15.7. The van der Waals surface area contributed by atoms with Crippen molar-refractivity contribution in [1.29, 1.82) is 0 Å². The smallest absolute Gasteiger partial charge is 0.0541 e. The zero-order valence-electron chi connectivity index (χ0n) is 34.1. The van der Waals surface area contributed by atoms with E-state index in [1.165, 1.54) is 66.3 Å². The lowest BCUT2D eigenvalue weighted by atomic mass is 9.84. The third kappa shape index (κ3) is 6.65. The fraction of sp³-hybridized carbons (Fsp3) is 0. The predicted octanol–water partition coefficient (Wildman–Crippen LogP) is 16.6. The van der Waals surface area contributed by atoms with Crippen LogP contribution in [0.2, 0.25) is 0 Å². The molecule has 0 aliphatic heterocycles. The normalized spacial score (nSPS) is 11.2. The second kappa shape index (κ2) is 16.1. The van der Waals surface area contributed by atoms with E-state index in [-0.39, 0.29) is 0 Å². The molecule has 10 aromatic carbocycles. The Morgan fingerprint density at radius 1 is 0.274 bits per heavy atom. The number of hydrogen-bond donors (Lipinski definition) is 0. The Morgan fingerprint density at radius 3 is 1.40 bits per heavy atom. The van der Waals surface area contributed by atoms with Crippen LogP contribution in [0.15, 0.2) is 255 Å². The molecule has 0 atom stereocenters. The van der Waals surface area contributed by atoms with Gasteiger partial charge in [0.1, 0.15) is 0 Å². The molecule has 0 bridgehead atoms. The molecule has 11 rings (SSSR count). The van der Waals surface area contributed by atoms with Gasteiger partial charge in [0.25, 0.3) is 0 Å². The first kappa shape index (κ1) is 36.8. The first-order valence-electron chi connectivity index (χ1n) is 21.3. The van der Waals surface area contributed by atoms with Crippen LogP contribution in [0.4, 0.5) is 17.1 Å². The van der Waals surface area contributed by atoms with Gasteiger partial charge in [-0.15, -0.1) is 0 Å². The molecule has 2 heteroatoms. The Morgan fingerprint density at radius 2 is 0.742 bits per heavy atom. The van der Waals surface area contributed by atoms with E-state index in [4.69, 9.17) is 0 Å². The van der Waals surface area contributed by atoms with Gasteiger partial charge in [-0.05, 0) is 98.6 Å². The molecule has 0 saturated heterocycles. The predicted molar refractivity (Wildman–Crippen MR) is 263 cm³/mol. The van der Waals surface area contributed by atoms with Gasteiger partial charge in [-0.2, -0.15) is 0 Å². The molecule has 0 aliphatic rings. The second-order valence-corrected chi connectivity index (χ2v) is 15.7. The third-order valence-corrected chi connectivity index (χ3v) is 12.0. The fourth-order valence-corrected chi connectivity index (χ4v) is 9.22. The van der Waals surface area contributed by atoms with Gasteiger partial charge in [0, 0.05) is 33.4 Å². The van der Waals surface area contributed by atoms with Crippen molar-refractivity contribution in [3.05, 3.63) is 255 Å². The maximum Gasteiger partial charge on any atom is 0.0541 e. The van der Waals surface area contributed by atoms with Gasteiger partial charge in [-0.25, -0.2) is 0 Å². The number of benzene rings is 10. The third-order valence-electron chi connectivity index (χ3n) is 12.0. The molecule has 1 heterocycles. The fourth-order valence-electron chi connectivity index (χ4n) is 9.22. The van der Waals surface area contributed by atoms with Gasteiger partial charge in [0.2, 0.25) is 0 Å². The lowest BCUT2D eigenvalue weighted by Crippen LogP contribution is -2.12. The van der Waals surface area contributed by atoms with E-state index in [1.54, 1.807) is 0 Å². The summed E-state index contributed by atoms with van der Waals surface area (Å²) in [6, 6.07) is 92.2. The zero-order chi connectivity index (χ0) is 41.2. The first-order chi connectivity index (χ1) is 30.8. The van der Waals surface area contributed by atoms with Crippen LogP contribution in [0, 0.1) is 0 Å². The topological polar surface area (TPSA) is 8.17 Å². The van der Waals surface area contributed by atoms with Crippen molar-refractivity contribution in [1.82, 2.24) is 4.57 Å². The number of nitrogens with zero attached hydrogens (tertiary/aromatic N) is 2. The van der Waals surface area contributed by atoms with Crippen LogP contribution in [0.25, 0.3) is 83.1 Å². The van der Waals surface area contributed by atoms with Crippen LogP contribution >= 0.6 is 0 Å². The molecule has 292 valence electrons. The lowest BCUT2D eigenvalue weighted by Gasteiger charge is -2.29. The molecule has 0 amide bonds. The summed E-state index contributed by atoms with van der Waals surface area (Å²) in [5, 5.41) is 2.49. The average Bonchev–Trinajstić information content (AvgIpc) is 3.70. The minimum atomic E-state index is 1.06. The van der Waals surface area contributed by atoms with Crippen LogP contribution in [0.3, 0.4) is 0 Å². The highest BCUT2D eigenvalue weighted by atomic mass is 15.1.